The van der Waals surface area contributed by atoms with Gasteiger partial charge in [-0.15, -0.1) is 0 Å². The Hall–Kier alpha value is -1.33. The van der Waals surface area contributed by atoms with Gasteiger partial charge in [0.05, 0.1) is 5.69 Å². The lowest BCUT2D eigenvalue weighted by atomic mass is 10.2. The number of halogens is 1. The lowest BCUT2D eigenvalue weighted by Gasteiger charge is -2.02. The lowest BCUT2D eigenvalue weighted by molar-refractivity contribution is 0.805. The van der Waals surface area contributed by atoms with Crippen LogP contribution in [0.3, 0.4) is 0 Å². The van der Waals surface area contributed by atoms with E-state index in [-0.39, 0.29) is 10.6 Å². The fourth-order valence-electron chi connectivity index (χ4n) is 1.31. The molecule has 0 unspecified atom stereocenters. The zero-order chi connectivity index (χ0) is 11.9. The summed E-state index contributed by atoms with van der Waals surface area (Å²) in [6, 6.07) is 5.20. The maximum Gasteiger partial charge on any atom is 0.345 e. The van der Waals surface area contributed by atoms with Gasteiger partial charge in [0, 0.05) is 23.6 Å². The first-order valence-corrected chi connectivity index (χ1v) is 5.71. The molecule has 0 aliphatic rings. The summed E-state index contributed by atoms with van der Waals surface area (Å²) < 4.78 is 2.43. The van der Waals surface area contributed by atoms with Crippen LogP contribution in [-0.4, -0.2) is 8.52 Å². The van der Waals surface area contributed by atoms with Gasteiger partial charge in [0.1, 0.15) is 0 Å². The largest absolute Gasteiger partial charge is 0.345 e. The molecule has 0 bridgehead atoms. The maximum absolute atomic E-state index is 11.7. The van der Waals surface area contributed by atoms with Crippen LogP contribution in [0.2, 0.25) is 5.02 Å². The van der Waals surface area contributed by atoms with Crippen LogP contribution in [0.1, 0.15) is 5.56 Å². The monoisotopic (exact) mass is 256 g/mol. The molecular weight excluding hydrogens is 248 g/mol. The van der Waals surface area contributed by atoms with Crippen molar-refractivity contribution in [3.05, 3.63) is 48.9 Å². The number of hydrogen-bond acceptors (Lipinski definition) is 3. The van der Waals surface area contributed by atoms with Crippen molar-refractivity contribution < 1.29 is 0 Å². The molecule has 16 heavy (non-hydrogen) atoms. The van der Waals surface area contributed by atoms with E-state index in [1.165, 1.54) is 11.0 Å². The highest BCUT2D eigenvalue weighted by Crippen LogP contribution is 2.18. The Balaban J connectivity index is 2.68. The molecular formula is C10H9ClN2O2S. The number of rotatable bonds is 1. The molecule has 0 fully saturated rings. The molecule has 1 heterocycles. The van der Waals surface area contributed by atoms with E-state index in [0.29, 0.717) is 10.7 Å². The summed E-state index contributed by atoms with van der Waals surface area (Å²) in [5.74, 6) is 0. The molecule has 0 atom stereocenters. The van der Waals surface area contributed by atoms with Gasteiger partial charge in [-0.05, 0) is 30.7 Å². The molecule has 0 N–H and O–H groups in total. The number of nitrogens with zero attached hydrogens (tertiary/aromatic N) is 2. The number of aromatic nitrogens is 2. The van der Waals surface area contributed by atoms with E-state index < -0.39 is 0 Å². The predicted octanol–water partition coefficient (Wildman–Crippen LogP) is 1.56. The van der Waals surface area contributed by atoms with Crippen molar-refractivity contribution in [2.45, 2.75) is 6.92 Å². The Labute approximate surface area is 100 Å². The van der Waals surface area contributed by atoms with Crippen LogP contribution >= 0.6 is 23.1 Å². The second-order valence-electron chi connectivity index (χ2n) is 3.43. The molecule has 0 amide bonds. The molecule has 0 aliphatic heterocycles. The molecule has 1 aromatic carbocycles. The Morgan fingerprint density at radius 3 is 2.50 bits per heavy atom. The highest BCUT2D eigenvalue weighted by atomic mass is 35.5. The lowest BCUT2D eigenvalue weighted by Crippen LogP contribution is -2.25. The summed E-state index contributed by atoms with van der Waals surface area (Å²) in [5, 5.41) is 0.639. The van der Waals surface area contributed by atoms with Gasteiger partial charge < -0.3 is 0 Å². The first kappa shape index (κ1) is 11.2. The van der Waals surface area contributed by atoms with Crippen molar-refractivity contribution in [2.75, 3.05) is 0 Å². The van der Waals surface area contributed by atoms with Crippen LogP contribution in [0.25, 0.3) is 5.69 Å². The molecule has 0 saturated heterocycles. The Kier molecular flexibility index (Phi) is 2.73. The molecule has 0 radical (unpaired) electrons. The van der Waals surface area contributed by atoms with Crippen molar-refractivity contribution in [3.63, 3.8) is 0 Å². The van der Waals surface area contributed by atoms with Crippen molar-refractivity contribution >= 4 is 23.1 Å². The van der Waals surface area contributed by atoms with Crippen LogP contribution in [0.15, 0.2) is 27.8 Å². The topological polar surface area (TPSA) is 44.0 Å². The van der Waals surface area contributed by atoms with E-state index in [9.17, 15) is 9.59 Å². The zero-order valence-electron chi connectivity index (χ0n) is 8.73. The third-order valence-corrected chi connectivity index (χ3v) is 3.68. The Morgan fingerprint density at radius 1 is 1.31 bits per heavy atom. The van der Waals surface area contributed by atoms with E-state index in [4.69, 9.17) is 11.6 Å². The van der Waals surface area contributed by atoms with Crippen LogP contribution < -0.4 is 10.6 Å². The van der Waals surface area contributed by atoms with Gasteiger partial charge in [-0.25, -0.2) is 8.75 Å². The minimum absolute atomic E-state index is 0.280. The van der Waals surface area contributed by atoms with Gasteiger partial charge in [0.2, 0.25) is 0 Å². The van der Waals surface area contributed by atoms with E-state index in [1.807, 2.05) is 6.92 Å². The third-order valence-electron chi connectivity index (χ3n) is 2.28. The smallest absolute Gasteiger partial charge is 0.255 e. The fourth-order valence-corrected chi connectivity index (χ4v) is 2.20. The zero-order valence-corrected chi connectivity index (χ0v) is 10.3. The van der Waals surface area contributed by atoms with Crippen LogP contribution in [0.5, 0.6) is 0 Å². The Bertz CT molecular complexity index is 654. The summed E-state index contributed by atoms with van der Waals surface area (Å²) in [6.45, 7) is 1.85. The molecule has 1 aromatic heterocycles. The minimum Gasteiger partial charge on any atom is -0.255 e. The average Bonchev–Trinajstić information content (AvgIpc) is 2.50. The second kappa shape index (κ2) is 3.92. The standard InChI is InChI=1S/C10H9ClN2O2S/c1-6-5-7(3-4-8(6)11)13-9(14)12(2)10(15)16-13/h3-5H,1-2H3. The molecule has 2 aromatic rings. The summed E-state index contributed by atoms with van der Waals surface area (Å²) in [4.78, 5) is 22.7. The SMILES string of the molecule is Cc1cc(-n2sc(=O)n(C)c2=O)ccc1Cl. The van der Waals surface area contributed by atoms with Gasteiger partial charge in [0.15, 0.2) is 0 Å². The predicted molar refractivity (Wildman–Crippen MR) is 64.9 cm³/mol. The van der Waals surface area contributed by atoms with Gasteiger partial charge in [-0.3, -0.25) is 9.36 Å². The summed E-state index contributed by atoms with van der Waals surface area (Å²) in [5.41, 5.74) is 1.20. The second-order valence-corrected chi connectivity index (χ2v) is 4.73. The van der Waals surface area contributed by atoms with Crippen LogP contribution in [-0.2, 0) is 7.05 Å². The van der Waals surface area contributed by atoms with Gasteiger partial charge in [-0.2, -0.15) is 0 Å². The van der Waals surface area contributed by atoms with Crippen molar-refractivity contribution in [2.24, 2.45) is 7.05 Å². The van der Waals surface area contributed by atoms with Crippen molar-refractivity contribution in [1.29, 1.82) is 0 Å². The maximum atomic E-state index is 11.7. The molecule has 0 spiro atoms. The summed E-state index contributed by atoms with van der Waals surface area (Å²) in [6.07, 6.45) is 0. The molecule has 4 nitrogen and oxygen atoms in total. The summed E-state index contributed by atoms with van der Waals surface area (Å²) in [7, 11) is 1.46. The van der Waals surface area contributed by atoms with Crippen molar-refractivity contribution in [3.8, 4) is 5.69 Å². The molecule has 0 aliphatic carbocycles. The molecule has 6 heteroatoms. The van der Waals surface area contributed by atoms with Gasteiger partial charge in [0.25, 0.3) is 0 Å². The fraction of sp³-hybridized carbons (Fsp3) is 0.200. The van der Waals surface area contributed by atoms with E-state index in [0.717, 1.165) is 21.7 Å². The number of aryl methyl sites for hydroxylation is 1. The van der Waals surface area contributed by atoms with Gasteiger partial charge >= 0.3 is 10.6 Å². The van der Waals surface area contributed by atoms with E-state index >= 15 is 0 Å². The highest BCUT2D eigenvalue weighted by molar-refractivity contribution is 7.03. The Morgan fingerprint density at radius 2 is 2.00 bits per heavy atom. The van der Waals surface area contributed by atoms with E-state index in [1.54, 1.807) is 18.2 Å². The summed E-state index contributed by atoms with van der Waals surface area (Å²) >= 11 is 6.77. The van der Waals surface area contributed by atoms with E-state index in [2.05, 4.69) is 0 Å². The number of hydrogen-bond donors (Lipinski definition) is 0. The van der Waals surface area contributed by atoms with Crippen LogP contribution in [0.4, 0.5) is 0 Å². The number of benzene rings is 1. The van der Waals surface area contributed by atoms with Gasteiger partial charge in [-0.1, -0.05) is 11.6 Å². The third kappa shape index (κ3) is 1.72. The molecule has 84 valence electrons. The first-order chi connectivity index (χ1) is 7.50. The molecule has 0 saturated carbocycles. The molecule has 2 rings (SSSR count). The highest BCUT2D eigenvalue weighted by Gasteiger charge is 2.08. The normalized spacial score (nSPS) is 10.7. The van der Waals surface area contributed by atoms with Crippen LogP contribution in [0, 0.1) is 6.92 Å². The average molecular weight is 257 g/mol. The first-order valence-electron chi connectivity index (χ1n) is 4.56. The minimum atomic E-state index is -0.336. The quantitative estimate of drug-likeness (QED) is 0.777. The van der Waals surface area contributed by atoms with Crippen molar-refractivity contribution in [1.82, 2.24) is 8.52 Å².